The monoisotopic (exact) mass is 326 g/mol. The number of hydrogen-bond acceptors (Lipinski definition) is 4. The summed E-state index contributed by atoms with van der Waals surface area (Å²) in [6, 6.07) is 4.80. The third-order valence-electron chi connectivity index (χ3n) is 2.82. The SMILES string of the molecule is COc1cc(Cl)c(C)cc1Nc1ncc(C(=O)O)cc1Cl. The van der Waals surface area contributed by atoms with Gasteiger partial charge in [0.05, 0.1) is 23.4 Å². The molecule has 0 aliphatic rings. The Morgan fingerprint density at radius 2 is 2.00 bits per heavy atom. The third kappa shape index (κ3) is 3.37. The number of carboxylic acid groups (broad SMARTS) is 1. The molecule has 0 radical (unpaired) electrons. The molecule has 1 aromatic carbocycles. The molecule has 2 aromatic rings. The van der Waals surface area contributed by atoms with Gasteiger partial charge in [-0.3, -0.25) is 0 Å². The molecule has 0 aliphatic heterocycles. The van der Waals surface area contributed by atoms with E-state index >= 15 is 0 Å². The normalized spacial score (nSPS) is 10.3. The largest absolute Gasteiger partial charge is 0.495 e. The Labute approximate surface area is 131 Å². The highest BCUT2D eigenvalue weighted by Gasteiger charge is 2.12. The Hall–Kier alpha value is -1.98. The molecule has 0 unspecified atom stereocenters. The van der Waals surface area contributed by atoms with Crippen LogP contribution in [0.3, 0.4) is 0 Å². The van der Waals surface area contributed by atoms with Crippen LogP contribution < -0.4 is 10.1 Å². The first-order valence-corrected chi connectivity index (χ1v) is 6.68. The summed E-state index contributed by atoms with van der Waals surface area (Å²) in [6.07, 6.45) is 1.23. The summed E-state index contributed by atoms with van der Waals surface area (Å²) in [5, 5.41) is 12.7. The summed E-state index contributed by atoms with van der Waals surface area (Å²) in [5.74, 6) is -0.219. The van der Waals surface area contributed by atoms with Crippen molar-refractivity contribution in [3.63, 3.8) is 0 Å². The first-order valence-electron chi connectivity index (χ1n) is 5.92. The number of halogens is 2. The standard InChI is InChI=1S/C14H12Cl2N2O3/c1-7-3-11(12(21-2)5-9(7)15)18-13-10(16)4-8(6-17-13)14(19)20/h3-6H,1-2H3,(H,17,18)(H,19,20). The number of ether oxygens (including phenoxy) is 1. The average molecular weight is 327 g/mol. The number of aryl methyl sites for hydroxylation is 1. The van der Waals surface area contributed by atoms with E-state index in [-0.39, 0.29) is 10.6 Å². The van der Waals surface area contributed by atoms with Gasteiger partial charge < -0.3 is 15.2 Å². The molecule has 5 nitrogen and oxygen atoms in total. The van der Waals surface area contributed by atoms with Crippen LogP contribution in [-0.4, -0.2) is 23.2 Å². The first kappa shape index (κ1) is 15.4. The number of aromatic carboxylic acids is 1. The highest BCUT2D eigenvalue weighted by Crippen LogP contribution is 2.34. The predicted molar refractivity (Wildman–Crippen MR) is 82.2 cm³/mol. The zero-order valence-electron chi connectivity index (χ0n) is 11.3. The molecule has 110 valence electrons. The van der Waals surface area contributed by atoms with Gasteiger partial charge in [-0.15, -0.1) is 0 Å². The molecule has 7 heteroatoms. The van der Waals surface area contributed by atoms with Gasteiger partial charge in [0.2, 0.25) is 0 Å². The number of nitrogens with zero attached hydrogens (tertiary/aromatic N) is 1. The van der Waals surface area contributed by atoms with Crippen molar-refractivity contribution in [3.8, 4) is 5.75 Å². The number of hydrogen-bond donors (Lipinski definition) is 2. The van der Waals surface area contributed by atoms with Crippen LogP contribution in [0.5, 0.6) is 5.75 Å². The summed E-state index contributed by atoms with van der Waals surface area (Å²) in [5.41, 5.74) is 1.51. The fourth-order valence-electron chi connectivity index (χ4n) is 1.70. The Kier molecular flexibility index (Phi) is 4.55. The average Bonchev–Trinajstić information content (AvgIpc) is 2.44. The molecule has 0 amide bonds. The van der Waals surface area contributed by atoms with Gasteiger partial charge in [0, 0.05) is 17.3 Å². The molecule has 2 rings (SSSR count). The minimum atomic E-state index is -1.09. The molecule has 2 N–H and O–H groups in total. The number of aromatic nitrogens is 1. The smallest absolute Gasteiger partial charge is 0.337 e. The minimum absolute atomic E-state index is 0.0183. The topological polar surface area (TPSA) is 71.5 Å². The molecule has 0 bridgehead atoms. The van der Waals surface area contributed by atoms with Crippen LogP contribution in [0.4, 0.5) is 11.5 Å². The quantitative estimate of drug-likeness (QED) is 0.883. The van der Waals surface area contributed by atoms with E-state index in [1.165, 1.54) is 19.4 Å². The number of methoxy groups -OCH3 is 1. The Morgan fingerprint density at radius 3 is 2.57 bits per heavy atom. The number of rotatable bonds is 4. The van der Waals surface area contributed by atoms with E-state index in [0.29, 0.717) is 22.3 Å². The molecule has 0 aliphatic carbocycles. The molecule has 1 aromatic heterocycles. The van der Waals surface area contributed by atoms with Crippen LogP contribution in [-0.2, 0) is 0 Å². The molecular formula is C14H12Cl2N2O3. The van der Waals surface area contributed by atoms with Gasteiger partial charge in [-0.2, -0.15) is 0 Å². The maximum atomic E-state index is 10.9. The maximum Gasteiger partial charge on any atom is 0.337 e. The van der Waals surface area contributed by atoms with Gasteiger partial charge in [0.15, 0.2) is 0 Å². The number of pyridine rings is 1. The lowest BCUT2D eigenvalue weighted by molar-refractivity contribution is 0.0696. The Balaban J connectivity index is 2.38. The van der Waals surface area contributed by atoms with Crippen LogP contribution in [0.25, 0.3) is 0 Å². The number of anilines is 2. The van der Waals surface area contributed by atoms with E-state index in [2.05, 4.69) is 10.3 Å². The van der Waals surface area contributed by atoms with Crippen molar-refractivity contribution in [1.82, 2.24) is 4.98 Å². The van der Waals surface area contributed by atoms with Crippen LogP contribution in [0, 0.1) is 6.92 Å². The zero-order chi connectivity index (χ0) is 15.6. The Bertz CT molecular complexity index is 705. The van der Waals surface area contributed by atoms with E-state index in [1.807, 2.05) is 6.92 Å². The summed E-state index contributed by atoms with van der Waals surface area (Å²) in [7, 11) is 1.52. The van der Waals surface area contributed by atoms with Crippen LogP contribution in [0.15, 0.2) is 24.4 Å². The van der Waals surface area contributed by atoms with Crippen molar-refractivity contribution in [2.75, 3.05) is 12.4 Å². The lowest BCUT2D eigenvalue weighted by Gasteiger charge is -2.13. The van der Waals surface area contributed by atoms with Gasteiger partial charge >= 0.3 is 5.97 Å². The summed E-state index contributed by atoms with van der Waals surface area (Å²) in [4.78, 5) is 14.9. The van der Waals surface area contributed by atoms with E-state index in [4.69, 9.17) is 33.0 Å². The fraction of sp³-hybridized carbons (Fsp3) is 0.143. The molecule has 0 saturated heterocycles. The van der Waals surface area contributed by atoms with E-state index in [9.17, 15) is 4.79 Å². The number of carbonyl (C=O) groups is 1. The van der Waals surface area contributed by atoms with Gasteiger partial charge in [-0.1, -0.05) is 23.2 Å². The van der Waals surface area contributed by atoms with Crippen LogP contribution in [0.2, 0.25) is 10.0 Å². The summed E-state index contributed by atoms with van der Waals surface area (Å²) in [6.45, 7) is 1.86. The van der Waals surface area contributed by atoms with Crippen molar-refractivity contribution in [2.45, 2.75) is 6.92 Å². The maximum absolute atomic E-state index is 10.9. The second-order valence-electron chi connectivity index (χ2n) is 4.29. The number of carboxylic acids is 1. The summed E-state index contributed by atoms with van der Waals surface area (Å²) >= 11 is 12.1. The number of nitrogens with one attached hydrogen (secondary N) is 1. The van der Waals surface area contributed by atoms with Crippen LogP contribution in [0.1, 0.15) is 15.9 Å². The van der Waals surface area contributed by atoms with E-state index in [1.54, 1.807) is 12.1 Å². The molecule has 0 fully saturated rings. The molecular weight excluding hydrogens is 315 g/mol. The van der Waals surface area contributed by atoms with E-state index in [0.717, 1.165) is 5.56 Å². The van der Waals surface area contributed by atoms with Crippen LogP contribution >= 0.6 is 23.2 Å². The zero-order valence-corrected chi connectivity index (χ0v) is 12.8. The Morgan fingerprint density at radius 1 is 1.29 bits per heavy atom. The van der Waals surface area contributed by atoms with Gasteiger partial charge in [-0.05, 0) is 24.6 Å². The van der Waals surface area contributed by atoms with Crippen molar-refractivity contribution >= 4 is 40.7 Å². The van der Waals surface area contributed by atoms with Crippen molar-refractivity contribution in [1.29, 1.82) is 0 Å². The predicted octanol–water partition coefficient (Wildman–Crippen LogP) is 4.15. The second-order valence-corrected chi connectivity index (χ2v) is 5.10. The van der Waals surface area contributed by atoms with Crippen molar-refractivity contribution in [2.24, 2.45) is 0 Å². The first-order chi connectivity index (χ1) is 9.92. The highest BCUT2D eigenvalue weighted by atomic mass is 35.5. The lowest BCUT2D eigenvalue weighted by Crippen LogP contribution is -2.02. The minimum Gasteiger partial charge on any atom is -0.495 e. The lowest BCUT2D eigenvalue weighted by atomic mass is 10.2. The molecule has 0 spiro atoms. The molecule has 1 heterocycles. The third-order valence-corrected chi connectivity index (χ3v) is 3.52. The van der Waals surface area contributed by atoms with Crippen molar-refractivity contribution < 1.29 is 14.6 Å². The number of benzene rings is 1. The van der Waals surface area contributed by atoms with E-state index < -0.39 is 5.97 Å². The highest BCUT2D eigenvalue weighted by molar-refractivity contribution is 6.33. The van der Waals surface area contributed by atoms with Crippen molar-refractivity contribution in [3.05, 3.63) is 45.6 Å². The van der Waals surface area contributed by atoms with Gasteiger partial charge in [-0.25, -0.2) is 9.78 Å². The van der Waals surface area contributed by atoms with Gasteiger partial charge in [0.1, 0.15) is 11.6 Å². The molecule has 0 saturated carbocycles. The summed E-state index contributed by atoms with van der Waals surface area (Å²) < 4.78 is 5.24. The fourth-order valence-corrected chi connectivity index (χ4v) is 2.07. The molecule has 0 atom stereocenters. The molecule has 21 heavy (non-hydrogen) atoms. The second kappa shape index (κ2) is 6.20. The van der Waals surface area contributed by atoms with Gasteiger partial charge in [0.25, 0.3) is 0 Å².